The van der Waals surface area contributed by atoms with E-state index in [-0.39, 0.29) is 0 Å². The van der Waals surface area contributed by atoms with Crippen molar-refractivity contribution in [1.82, 2.24) is 9.78 Å². The van der Waals surface area contributed by atoms with Crippen LogP contribution < -0.4 is 5.73 Å². The highest BCUT2D eigenvalue weighted by Gasteiger charge is 2.26. The number of benzene rings is 1. The summed E-state index contributed by atoms with van der Waals surface area (Å²) in [7, 11) is 0. The Morgan fingerprint density at radius 1 is 1.31 bits per heavy atom. The van der Waals surface area contributed by atoms with Gasteiger partial charge in [0.25, 0.3) is 0 Å². The molecule has 2 N–H and O–H groups in total. The largest absolute Gasteiger partial charge is 0.330 e. The van der Waals surface area contributed by atoms with Crippen LogP contribution in [-0.4, -0.2) is 16.3 Å². The molecule has 1 aliphatic rings. The Morgan fingerprint density at radius 3 is 2.88 bits per heavy atom. The van der Waals surface area contributed by atoms with Gasteiger partial charge in [-0.15, -0.1) is 0 Å². The minimum Gasteiger partial charge on any atom is -0.330 e. The number of nitrogens with two attached hydrogens (primary N) is 1. The van der Waals surface area contributed by atoms with E-state index < -0.39 is 0 Å². The molecular formula is C13H15N3. The first-order valence-electron chi connectivity index (χ1n) is 5.72. The minimum absolute atomic E-state index is 0.470. The van der Waals surface area contributed by atoms with Crippen molar-refractivity contribution >= 4 is 0 Å². The van der Waals surface area contributed by atoms with E-state index in [0.29, 0.717) is 12.5 Å². The second-order valence-corrected chi connectivity index (χ2v) is 4.27. The third-order valence-electron chi connectivity index (χ3n) is 3.32. The molecule has 0 amide bonds. The average Bonchev–Trinajstić information content (AvgIpc) is 2.90. The van der Waals surface area contributed by atoms with Crippen molar-refractivity contribution in [3.8, 4) is 5.69 Å². The fourth-order valence-electron chi connectivity index (χ4n) is 2.49. The standard InChI is InChI=1S/C13H15N3/c14-8-10-6-7-11-9-15-16(13(10)11)12-4-2-1-3-5-12/h1-5,9-10H,6-8,14H2. The van der Waals surface area contributed by atoms with Crippen molar-refractivity contribution in [3.63, 3.8) is 0 Å². The van der Waals surface area contributed by atoms with E-state index in [1.165, 1.54) is 11.3 Å². The van der Waals surface area contributed by atoms with E-state index in [0.717, 1.165) is 18.5 Å². The summed E-state index contributed by atoms with van der Waals surface area (Å²) in [5.41, 5.74) is 9.62. The summed E-state index contributed by atoms with van der Waals surface area (Å²) in [5.74, 6) is 0.470. The number of nitrogens with zero attached hydrogens (tertiary/aromatic N) is 2. The van der Waals surface area contributed by atoms with Crippen LogP contribution in [0.5, 0.6) is 0 Å². The minimum atomic E-state index is 0.470. The van der Waals surface area contributed by atoms with E-state index in [9.17, 15) is 0 Å². The summed E-state index contributed by atoms with van der Waals surface area (Å²) in [5, 5.41) is 4.47. The predicted molar refractivity (Wildman–Crippen MR) is 63.7 cm³/mol. The van der Waals surface area contributed by atoms with Crippen LogP contribution in [0.4, 0.5) is 0 Å². The second-order valence-electron chi connectivity index (χ2n) is 4.27. The molecule has 3 nitrogen and oxygen atoms in total. The summed E-state index contributed by atoms with van der Waals surface area (Å²) < 4.78 is 2.04. The van der Waals surface area contributed by atoms with Gasteiger partial charge in [0, 0.05) is 12.5 Å². The van der Waals surface area contributed by atoms with Gasteiger partial charge >= 0.3 is 0 Å². The molecular weight excluding hydrogens is 198 g/mol. The zero-order valence-electron chi connectivity index (χ0n) is 9.13. The zero-order valence-corrected chi connectivity index (χ0v) is 9.13. The van der Waals surface area contributed by atoms with Crippen molar-refractivity contribution < 1.29 is 0 Å². The quantitative estimate of drug-likeness (QED) is 0.827. The van der Waals surface area contributed by atoms with E-state index in [4.69, 9.17) is 5.73 Å². The summed E-state index contributed by atoms with van der Waals surface area (Å²) in [4.78, 5) is 0. The summed E-state index contributed by atoms with van der Waals surface area (Å²) in [6.45, 7) is 0.714. The Hall–Kier alpha value is -1.61. The highest BCUT2D eigenvalue weighted by molar-refractivity contribution is 5.38. The van der Waals surface area contributed by atoms with Gasteiger partial charge in [0.2, 0.25) is 0 Å². The number of aromatic nitrogens is 2. The molecule has 1 aromatic carbocycles. The Morgan fingerprint density at radius 2 is 2.12 bits per heavy atom. The molecule has 1 aromatic heterocycles. The van der Waals surface area contributed by atoms with E-state index in [1.807, 2.05) is 29.1 Å². The first-order chi connectivity index (χ1) is 7.90. The Labute approximate surface area is 94.9 Å². The maximum atomic E-state index is 5.81. The van der Waals surface area contributed by atoms with Crippen LogP contribution in [0.15, 0.2) is 36.5 Å². The normalized spacial score (nSPS) is 18.7. The van der Waals surface area contributed by atoms with Gasteiger partial charge in [-0.2, -0.15) is 5.10 Å². The lowest BCUT2D eigenvalue weighted by molar-refractivity contribution is 0.637. The van der Waals surface area contributed by atoms with E-state index in [2.05, 4.69) is 17.2 Å². The molecule has 82 valence electrons. The molecule has 1 atom stereocenters. The van der Waals surface area contributed by atoms with Crippen molar-refractivity contribution in [2.24, 2.45) is 5.73 Å². The monoisotopic (exact) mass is 213 g/mol. The lowest BCUT2D eigenvalue weighted by atomic mass is 10.1. The molecule has 0 saturated heterocycles. The van der Waals surface area contributed by atoms with Gasteiger partial charge in [-0.25, -0.2) is 4.68 Å². The highest BCUT2D eigenvalue weighted by atomic mass is 15.3. The first kappa shape index (κ1) is 9.60. The number of fused-ring (bicyclic) bond motifs is 1. The summed E-state index contributed by atoms with van der Waals surface area (Å²) in [6.07, 6.45) is 4.26. The number of hydrogen-bond acceptors (Lipinski definition) is 2. The van der Waals surface area contributed by atoms with Crippen LogP contribution >= 0.6 is 0 Å². The van der Waals surface area contributed by atoms with Crippen LogP contribution in [0.3, 0.4) is 0 Å². The molecule has 0 spiro atoms. The Balaban J connectivity index is 2.10. The molecule has 0 radical (unpaired) electrons. The highest BCUT2D eigenvalue weighted by Crippen LogP contribution is 2.33. The fraction of sp³-hybridized carbons (Fsp3) is 0.308. The van der Waals surface area contributed by atoms with E-state index >= 15 is 0 Å². The first-order valence-corrected chi connectivity index (χ1v) is 5.72. The van der Waals surface area contributed by atoms with Crippen LogP contribution in [0.25, 0.3) is 5.69 Å². The predicted octanol–water partition coefficient (Wildman–Crippen LogP) is 1.86. The SMILES string of the molecule is NCC1CCc2cnn(-c3ccccc3)c21. The lowest BCUT2D eigenvalue weighted by Gasteiger charge is -2.11. The van der Waals surface area contributed by atoms with Gasteiger partial charge in [0.15, 0.2) is 0 Å². The van der Waals surface area contributed by atoms with Crippen molar-refractivity contribution in [3.05, 3.63) is 47.8 Å². The molecule has 3 rings (SSSR count). The smallest absolute Gasteiger partial charge is 0.0649 e. The second kappa shape index (κ2) is 3.76. The van der Waals surface area contributed by atoms with Gasteiger partial charge in [-0.1, -0.05) is 18.2 Å². The fourth-order valence-corrected chi connectivity index (χ4v) is 2.49. The van der Waals surface area contributed by atoms with Gasteiger partial charge in [0.05, 0.1) is 17.6 Å². The molecule has 1 aliphatic carbocycles. The molecule has 2 aromatic rings. The van der Waals surface area contributed by atoms with Crippen LogP contribution in [0.2, 0.25) is 0 Å². The molecule has 0 fully saturated rings. The van der Waals surface area contributed by atoms with Gasteiger partial charge in [0.1, 0.15) is 0 Å². The Kier molecular flexibility index (Phi) is 2.26. The number of aryl methyl sites for hydroxylation is 1. The lowest BCUT2D eigenvalue weighted by Crippen LogP contribution is -2.14. The number of rotatable bonds is 2. The van der Waals surface area contributed by atoms with Crippen molar-refractivity contribution in [2.75, 3.05) is 6.54 Å². The Bertz CT molecular complexity index is 487. The van der Waals surface area contributed by atoms with Gasteiger partial charge in [-0.3, -0.25) is 0 Å². The molecule has 0 saturated carbocycles. The van der Waals surface area contributed by atoms with Crippen LogP contribution in [0.1, 0.15) is 23.6 Å². The number of hydrogen-bond donors (Lipinski definition) is 1. The summed E-state index contributed by atoms with van der Waals surface area (Å²) in [6, 6.07) is 10.3. The van der Waals surface area contributed by atoms with Gasteiger partial charge in [-0.05, 0) is 30.5 Å². The molecule has 0 aliphatic heterocycles. The third-order valence-corrected chi connectivity index (χ3v) is 3.32. The van der Waals surface area contributed by atoms with Gasteiger partial charge < -0.3 is 5.73 Å². The molecule has 0 bridgehead atoms. The summed E-state index contributed by atoms with van der Waals surface area (Å²) >= 11 is 0. The van der Waals surface area contributed by atoms with Crippen LogP contribution in [0, 0.1) is 0 Å². The maximum Gasteiger partial charge on any atom is 0.0649 e. The molecule has 3 heteroatoms. The topological polar surface area (TPSA) is 43.8 Å². The number of para-hydroxylation sites is 1. The van der Waals surface area contributed by atoms with E-state index in [1.54, 1.807) is 0 Å². The zero-order chi connectivity index (χ0) is 11.0. The molecule has 16 heavy (non-hydrogen) atoms. The third kappa shape index (κ3) is 1.36. The van der Waals surface area contributed by atoms with Crippen molar-refractivity contribution in [1.29, 1.82) is 0 Å². The maximum absolute atomic E-state index is 5.81. The van der Waals surface area contributed by atoms with Crippen molar-refractivity contribution in [2.45, 2.75) is 18.8 Å². The molecule has 1 unspecified atom stereocenters. The van der Waals surface area contributed by atoms with Crippen LogP contribution in [-0.2, 0) is 6.42 Å². The average molecular weight is 213 g/mol. The molecule has 1 heterocycles.